The Morgan fingerprint density at radius 3 is 2.62 bits per heavy atom. The fourth-order valence-corrected chi connectivity index (χ4v) is 3.29. The lowest BCUT2D eigenvalue weighted by molar-refractivity contribution is -0.122. The van der Waals surface area contributed by atoms with Crippen LogP contribution in [0.25, 0.3) is 0 Å². The molecule has 0 bridgehead atoms. The summed E-state index contributed by atoms with van der Waals surface area (Å²) in [4.78, 5) is 11.5. The molecule has 0 atom stereocenters. The topological polar surface area (TPSA) is 50.4 Å². The fourth-order valence-electron chi connectivity index (χ4n) is 1.78. The summed E-state index contributed by atoms with van der Waals surface area (Å²) in [7, 11) is 0. The van der Waals surface area contributed by atoms with E-state index in [4.69, 9.17) is 4.74 Å². The van der Waals surface area contributed by atoms with Crippen LogP contribution in [0, 0.1) is 0 Å². The van der Waals surface area contributed by atoms with Gasteiger partial charge in [0.05, 0.1) is 8.95 Å². The van der Waals surface area contributed by atoms with Gasteiger partial charge in [-0.25, -0.2) is 0 Å². The Bertz CT molecular complexity index is 507. The molecular formula is C15H18Br2N2O2. The highest BCUT2D eigenvalue weighted by Gasteiger charge is 2.20. The van der Waals surface area contributed by atoms with Crippen molar-refractivity contribution in [1.82, 2.24) is 10.6 Å². The second-order valence-corrected chi connectivity index (χ2v) is 6.63. The lowest BCUT2D eigenvalue weighted by Crippen LogP contribution is -2.28. The Labute approximate surface area is 141 Å². The van der Waals surface area contributed by atoms with Gasteiger partial charge in [0.2, 0.25) is 0 Å². The first-order valence-corrected chi connectivity index (χ1v) is 8.40. The van der Waals surface area contributed by atoms with Gasteiger partial charge in [0.25, 0.3) is 5.91 Å². The third-order valence-corrected chi connectivity index (χ3v) is 4.20. The van der Waals surface area contributed by atoms with E-state index < -0.39 is 0 Å². The minimum Gasteiger partial charge on any atom is -0.481 e. The Morgan fingerprint density at radius 2 is 2.05 bits per heavy atom. The number of rotatable bonds is 8. The van der Waals surface area contributed by atoms with Gasteiger partial charge in [-0.3, -0.25) is 4.79 Å². The van der Waals surface area contributed by atoms with Crippen LogP contribution in [0.1, 0.15) is 18.4 Å². The molecule has 2 N–H and O–H groups in total. The van der Waals surface area contributed by atoms with Gasteiger partial charge in [0.15, 0.2) is 6.61 Å². The molecule has 1 fully saturated rings. The molecule has 0 heterocycles. The van der Waals surface area contributed by atoms with Crippen LogP contribution in [-0.4, -0.2) is 25.1 Å². The summed E-state index contributed by atoms with van der Waals surface area (Å²) in [6.07, 6.45) is 4.16. The first kappa shape index (κ1) is 16.5. The zero-order chi connectivity index (χ0) is 15.2. The highest BCUT2D eigenvalue weighted by molar-refractivity contribution is 9.11. The lowest BCUT2D eigenvalue weighted by Gasteiger charge is -2.12. The summed E-state index contributed by atoms with van der Waals surface area (Å²) < 4.78 is 7.23. The van der Waals surface area contributed by atoms with Crippen LogP contribution >= 0.6 is 31.9 Å². The summed E-state index contributed by atoms with van der Waals surface area (Å²) in [6.45, 7) is 4.80. The standard InChI is InChI=1S/C15H18Br2N2O2/c1-2-5-18-14(20)9-21-15-12(16)6-10(7-13(15)17)8-19-11-3-4-11/h2,6-7,11,19H,1,3-5,8-9H2,(H,18,20). The molecule has 21 heavy (non-hydrogen) atoms. The summed E-state index contributed by atoms with van der Waals surface area (Å²) in [5.41, 5.74) is 1.17. The molecule has 1 aliphatic rings. The normalized spacial score (nSPS) is 13.8. The molecule has 0 unspecified atom stereocenters. The Kier molecular flexibility index (Phi) is 6.26. The van der Waals surface area contributed by atoms with Crippen molar-refractivity contribution in [3.8, 4) is 5.75 Å². The number of ether oxygens (including phenoxy) is 1. The molecule has 0 aromatic heterocycles. The average molecular weight is 418 g/mol. The van der Waals surface area contributed by atoms with Gasteiger partial charge in [-0.05, 0) is 62.4 Å². The molecule has 6 heteroatoms. The van der Waals surface area contributed by atoms with Gasteiger partial charge >= 0.3 is 0 Å². The molecule has 1 aromatic carbocycles. The summed E-state index contributed by atoms with van der Waals surface area (Å²) in [5.74, 6) is 0.465. The van der Waals surface area contributed by atoms with Gasteiger partial charge in [-0.1, -0.05) is 6.08 Å². The Hall–Kier alpha value is -0.850. The maximum absolute atomic E-state index is 11.5. The summed E-state index contributed by atoms with van der Waals surface area (Å²) >= 11 is 6.99. The zero-order valence-corrected chi connectivity index (χ0v) is 14.8. The number of hydrogen-bond donors (Lipinski definition) is 2. The predicted octanol–water partition coefficient (Wildman–Crippen LogP) is 3.14. The SMILES string of the molecule is C=CCNC(=O)COc1c(Br)cc(CNC2CC2)cc1Br. The molecule has 4 nitrogen and oxygen atoms in total. The lowest BCUT2D eigenvalue weighted by atomic mass is 10.2. The summed E-state index contributed by atoms with van der Waals surface area (Å²) in [6, 6.07) is 4.70. The van der Waals surface area contributed by atoms with E-state index in [1.807, 2.05) is 12.1 Å². The van der Waals surface area contributed by atoms with E-state index in [1.165, 1.54) is 18.4 Å². The molecule has 0 saturated heterocycles. The van der Waals surface area contributed by atoms with Crippen LogP contribution in [0.3, 0.4) is 0 Å². The highest BCUT2D eigenvalue weighted by Crippen LogP contribution is 2.35. The van der Waals surface area contributed by atoms with Crippen LogP contribution in [-0.2, 0) is 11.3 Å². The molecule has 0 aliphatic heterocycles. The van der Waals surface area contributed by atoms with Crippen molar-refractivity contribution >= 4 is 37.8 Å². The minimum atomic E-state index is -0.173. The quantitative estimate of drug-likeness (QED) is 0.639. The van der Waals surface area contributed by atoms with Gasteiger partial charge in [0.1, 0.15) is 5.75 Å². The van der Waals surface area contributed by atoms with Crippen LogP contribution in [0.5, 0.6) is 5.75 Å². The zero-order valence-electron chi connectivity index (χ0n) is 11.6. The smallest absolute Gasteiger partial charge is 0.258 e. The van der Waals surface area contributed by atoms with Crippen molar-refractivity contribution in [2.45, 2.75) is 25.4 Å². The maximum Gasteiger partial charge on any atom is 0.258 e. The van der Waals surface area contributed by atoms with Crippen LogP contribution in [0.2, 0.25) is 0 Å². The van der Waals surface area contributed by atoms with E-state index >= 15 is 0 Å². The fraction of sp³-hybridized carbons (Fsp3) is 0.400. The van der Waals surface area contributed by atoms with Crippen molar-refractivity contribution in [2.24, 2.45) is 0 Å². The average Bonchev–Trinajstić information content (AvgIpc) is 3.26. The molecule has 1 saturated carbocycles. The number of carbonyl (C=O) groups is 1. The van der Waals surface area contributed by atoms with E-state index in [1.54, 1.807) is 6.08 Å². The van der Waals surface area contributed by atoms with Crippen molar-refractivity contribution in [2.75, 3.05) is 13.2 Å². The van der Waals surface area contributed by atoms with Crippen LogP contribution in [0.15, 0.2) is 33.7 Å². The predicted molar refractivity (Wildman–Crippen MR) is 90.4 cm³/mol. The molecule has 1 amide bonds. The molecule has 0 spiro atoms. The molecule has 1 aromatic rings. The second kappa shape index (κ2) is 7.96. The molecule has 2 rings (SSSR count). The van der Waals surface area contributed by atoms with Gasteiger partial charge in [0, 0.05) is 19.1 Å². The van der Waals surface area contributed by atoms with Crippen molar-refractivity contribution < 1.29 is 9.53 Å². The number of amides is 1. The van der Waals surface area contributed by atoms with Gasteiger partial charge < -0.3 is 15.4 Å². The summed E-state index contributed by atoms with van der Waals surface area (Å²) in [5, 5.41) is 6.13. The second-order valence-electron chi connectivity index (χ2n) is 4.93. The Balaban J connectivity index is 1.92. The Morgan fingerprint density at radius 1 is 1.38 bits per heavy atom. The van der Waals surface area contributed by atoms with Crippen molar-refractivity contribution in [1.29, 1.82) is 0 Å². The molecular weight excluding hydrogens is 400 g/mol. The van der Waals surface area contributed by atoms with Crippen molar-refractivity contribution in [3.05, 3.63) is 39.3 Å². The largest absolute Gasteiger partial charge is 0.481 e. The number of halogens is 2. The maximum atomic E-state index is 11.5. The van der Waals surface area contributed by atoms with Crippen LogP contribution < -0.4 is 15.4 Å². The van der Waals surface area contributed by atoms with Gasteiger partial charge in [-0.15, -0.1) is 6.58 Å². The van der Waals surface area contributed by atoms with E-state index in [0.29, 0.717) is 18.3 Å². The van der Waals surface area contributed by atoms with Gasteiger partial charge in [-0.2, -0.15) is 0 Å². The van der Waals surface area contributed by atoms with Crippen molar-refractivity contribution in [3.63, 3.8) is 0 Å². The van der Waals surface area contributed by atoms with E-state index in [2.05, 4.69) is 49.1 Å². The van der Waals surface area contributed by atoms with E-state index in [9.17, 15) is 4.79 Å². The third-order valence-electron chi connectivity index (χ3n) is 3.02. The molecule has 114 valence electrons. The number of nitrogens with one attached hydrogen (secondary N) is 2. The molecule has 1 aliphatic carbocycles. The van der Waals surface area contributed by atoms with E-state index in [-0.39, 0.29) is 12.5 Å². The highest BCUT2D eigenvalue weighted by atomic mass is 79.9. The first-order valence-electron chi connectivity index (χ1n) is 6.82. The number of benzene rings is 1. The first-order chi connectivity index (χ1) is 10.1. The molecule has 0 radical (unpaired) electrons. The van der Waals surface area contributed by atoms with Crippen LogP contribution in [0.4, 0.5) is 0 Å². The monoisotopic (exact) mass is 416 g/mol. The number of hydrogen-bond acceptors (Lipinski definition) is 3. The third kappa shape index (κ3) is 5.45. The van der Waals surface area contributed by atoms with E-state index in [0.717, 1.165) is 15.5 Å². The minimum absolute atomic E-state index is 0.0231. The number of carbonyl (C=O) groups excluding carboxylic acids is 1.